The lowest BCUT2D eigenvalue weighted by Gasteiger charge is -2.21. The molecule has 0 aliphatic carbocycles. The van der Waals surface area contributed by atoms with Gasteiger partial charge < -0.3 is 20.3 Å². The highest BCUT2D eigenvalue weighted by Crippen LogP contribution is 2.33. The minimum atomic E-state index is -4.55. The molecule has 0 unspecified atom stereocenters. The average molecular weight is 279 g/mol. The third kappa shape index (κ3) is 4.00. The van der Waals surface area contributed by atoms with Gasteiger partial charge in [0.1, 0.15) is 17.5 Å². The van der Waals surface area contributed by atoms with Crippen LogP contribution in [0.1, 0.15) is 18.1 Å². The van der Waals surface area contributed by atoms with E-state index in [0.29, 0.717) is 5.75 Å². The molecule has 0 aromatic heterocycles. The van der Waals surface area contributed by atoms with Crippen LogP contribution in [0.5, 0.6) is 11.5 Å². The van der Waals surface area contributed by atoms with E-state index in [0.717, 1.165) is 0 Å². The second-order valence-electron chi connectivity index (χ2n) is 4.01. The highest BCUT2D eigenvalue weighted by molar-refractivity contribution is 5.41. The highest BCUT2D eigenvalue weighted by atomic mass is 19.4. The Morgan fingerprint density at radius 3 is 2.37 bits per heavy atom. The summed E-state index contributed by atoms with van der Waals surface area (Å²) in [6, 6.07) is 2.42. The molecule has 1 aromatic carbocycles. The van der Waals surface area contributed by atoms with Crippen molar-refractivity contribution in [2.24, 2.45) is 5.73 Å². The van der Waals surface area contributed by atoms with Crippen LogP contribution in [0, 0.1) is 0 Å². The summed E-state index contributed by atoms with van der Waals surface area (Å²) in [6.07, 6.45) is -6.58. The van der Waals surface area contributed by atoms with Gasteiger partial charge in [0.15, 0.2) is 0 Å². The summed E-state index contributed by atoms with van der Waals surface area (Å²) in [5, 5.41) is 9.87. The van der Waals surface area contributed by atoms with Crippen molar-refractivity contribution in [2.75, 3.05) is 14.2 Å². The van der Waals surface area contributed by atoms with E-state index < -0.39 is 24.7 Å². The van der Waals surface area contributed by atoms with E-state index in [1.165, 1.54) is 26.4 Å². The molecule has 0 heterocycles. The monoisotopic (exact) mass is 279 g/mol. The number of nitrogens with two attached hydrogens (primary N) is 1. The van der Waals surface area contributed by atoms with E-state index in [2.05, 4.69) is 0 Å². The Bertz CT molecular complexity index is 423. The van der Waals surface area contributed by atoms with Crippen molar-refractivity contribution in [3.05, 3.63) is 23.8 Å². The number of hydrogen-bond donors (Lipinski definition) is 2. The van der Waals surface area contributed by atoms with Crippen LogP contribution in [0.2, 0.25) is 0 Å². The van der Waals surface area contributed by atoms with Crippen LogP contribution < -0.4 is 15.2 Å². The molecule has 2 atom stereocenters. The Morgan fingerprint density at radius 2 is 1.89 bits per heavy atom. The molecule has 0 spiro atoms. The Labute approximate surface area is 108 Å². The quantitative estimate of drug-likeness (QED) is 0.865. The van der Waals surface area contributed by atoms with Crippen LogP contribution in [-0.4, -0.2) is 31.5 Å². The first-order valence-corrected chi connectivity index (χ1v) is 5.52. The van der Waals surface area contributed by atoms with Gasteiger partial charge in [0.05, 0.1) is 20.3 Å². The summed E-state index contributed by atoms with van der Waals surface area (Å²) in [7, 11) is 2.78. The van der Waals surface area contributed by atoms with Crippen LogP contribution in [-0.2, 0) is 0 Å². The summed E-state index contributed by atoms with van der Waals surface area (Å²) in [5.41, 5.74) is 5.20. The molecule has 7 heteroatoms. The number of hydrogen-bond acceptors (Lipinski definition) is 4. The van der Waals surface area contributed by atoms with Crippen molar-refractivity contribution in [2.45, 2.75) is 24.7 Å². The van der Waals surface area contributed by atoms with Crippen LogP contribution in [0.4, 0.5) is 13.2 Å². The normalized spacial score (nSPS) is 14.9. The second kappa shape index (κ2) is 6.12. The van der Waals surface area contributed by atoms with Crippen molar-refractivity contribution < 1.29 is 27.8 Å². The van der Waals surface area contributed by atoms with E-state index in [1.807, 2.05) is 0 Å². The molecular formula is C12H16F3NO3. The molecule has 0 aliphatic heterocycles. The Hall–Kier alpha value is -1.47. The van der Waals surface area contributed by atoms with Gasteiger partial charge in [0.2, 0.25) is 0 Å². The molecule has 1 aromatic rings. The molecule has 0 bridgehead atoms. The number of aliphatic hydroxyl groups excluding tert-OH is 1. The zero-order valence-electron chi connectivity index (χ0n) is 10.6. The minimum absolute atomic E-state index is 0.210. The third-order valence-electron chi connectivity index (χ3n) is 2.69. The lowest BCUT2D eigenvalue weighted by Crippen LogP contribution is -2.38. The maximum atomic E-state index is 12.4. The molecule has 4 nitrogen and oxygen atoms in total. The lowest BCUT2D eigenvalue weighted by molar-refractivity contribution is -0.153. The van der Waals surface area contributed by atoms with E-state index in [-0.39, 0.29) is 11.3 Å². The summed E-state index contributed by atoms with van der Waals surface area (Å²) < 4.78 is 47.0. The maximum absolute atomic E-state index is 12.4. The van der Waals surface area contributed by atoms with Crippen LogP contribution in [0.25, 0.3) is 0 Å². The molecule has 108 valence electrons. The van der Waals surface area contributed by atoms with Gasteiger partial charge >= 0.3 is 6.18 Å². The predicted octanol–water partition coefficient (Wildman–Crippen LogP) is 2.02. The van der Waals surface area contributed by atoms with E-state index in [1.54, 1.807) is 6.07 Å². The van der Waals surface area contributed by atoms with E-state index in [4.69, 9.17) is 15.2 Å². The Balaban J connectivity index is 2.94. The van der Waals surface area contributed by atoms with Crippen LogP contribution in [0.15, 0.2) is 18.2 Å². The fraction of sp³-hybridized carbons (Fsp3) is 0.500. The van der Waals surface area contributed by atoms with Gasteiger partial charge in [0.25, 0.3) is 0 Å². The summed E-state index contributed by atoms with van der Waals surface area (Å²) >= 11 is 0. The average Bonchev–Trinajstić information content (AvgIpc) is 2.36. The van der Waals surface area contributed by atoms with Crippen LogP contribution >= 0.6 is 0 Å². The van der Waals surface area contributed by atoms with Gasteiger partial charge in [-0.25, -0.2) is 0 Å². The molecule has 1 rings (SSSR count). The first kappa shape index (κ1) is 15.6. The Kier molecular flexibility index (Phi) is 5.02. The van der Waals surface area contributed by atoms with Gasteiger partial charge in [-0.15, -0.1) is 0 Å². The predicted molar refractivity (Wildman–Crippen MR) is 63.2 cm³/mol. The first-order valence-electron chi connectivity index (χ1n) is 5.52. The number of ether oxygens (including phenoxy) is 2. The molecule has 0 fully saturated rings. The van der Waals surface area contributed by atoms with Gasteiger partial charge in [-0.3, -0.25) is 0 Å². The van der Waals surface area contributed by atoms with E-state index in [9.17, 15) is 18.3 Å². The smallest absolute Gasteiger partial charge is 0.403 e. The Morgan fingerprint density at radius 1 is 1.26 bits per heavy atom. The zero-order valence-corrected chi connectivity index (χ0v) is 10.6. The van der Waals surface area contributed by atoms with Crippen molar-refractivity contribution >= 4 is 0 Å². The fourth-order valence-electron chi connectivity index (χ4n) is 1.60. The van der Waals surface area contributed by atoms with Crippen molar-refractivity contribution in [3.63, 3.8) is 0 Å². The van der Waals surface area contributed by atoms with Crippen molar-refractivity contribution in [3.8, 4) is 11.5 Å². The van der Waals surface area contributed by atoms with Gasteiger partial charge in [-0.2, -0.15) is 13.2 Å². The standard InChI is InChI=1S/C12H16F3NO3/c1-18-7-3-4-10(19-2)8(5-7)9(17)6-11(16)12(13,14)15/h3-5,9,11,17H,6,16H2,1-2H3/t9-,11+/m0/s1. The fourth-order valence-corrected chi connectivity index (χ4v) is 1.60. The third-order valence-corrected chi connectivity index (χ3v) is 2.69. The lowest BCUT2D eigenvalue weighted by atomic mass is 10.0. The number of halogens is 3. The van der Waals surface area contributed by atoms with Crippen molar-refractivity contribution in [1.82, 2.24) is 0 Å². The van der Waals surface area contributed by atoms with Crippen LogP contribution in [0.3, 0.4) is 0 Å². The first-order chi connectivity index (χ1) is 8.79. The topological polar surface area (TPSA) is 64.7 Å². The number of benzene rings is 1. The summed E-state index contributed by atoms with van der Waals surface area (Å²) in [4.78, 5) is 0. The molecule has 0 saturated heterocycles. The zero-order chi connectivity index (χ0) is 14.6. The molecule has 0 amide bonds. The van der Waals surface area contributed by atoms with E-state index >= 15 is 0 Å². The maximum Gasteiger partial charge on any atom is 0.403 e. The largest absolute Gasteiger partial charge is 0.497 e. The SMILES string of the molecule is COc1ccc(OC)c([C@@H](O)C[C@@H](N)C(F)(F)F)c1. The second-order valence-corrected chi connectivity index (χ2v) is 4.01. The van der Waals surface area contributed by atoms with Crippen molar-refractivity contribution in [1.29, 1.82) is 0 Å². The molecular weight excluding hydrogens is 263 g/mol. The highest BCUT2D eigenvalue weighted by Gasteiger charge is 2.38. The summed E-state index contributed by atoms with van der Waals surface area (Å²) in [6.45, 7) is 0. The summed E-state index contributed by atoms with van der Waals surface area (Å²) in [5.74, 6) is 0.693. The van der Waals surface area contributed by atoms with Gasteiger partial charge in [0, 0.05) is 12.0 Å². The van der Waals surface area contributed by atoms with Gasteiger partial charge in [-0.1, -0.05) is 0 Å². The number of aliphatic hydroxyl groups is 1. The number of alkyl halides is 3. The minimum Gasteiger partial charge on any atom is -0.497 e. The van der Waals surface area contributed by atoms with Gasteiger partial charge in [-0.05, 0) is 18.2 Å². The molecule has 19 heavy (non-hydrogen) atoms. The molecule has 0 aliphatic rings. The molecule has 3 N–H and O–H groups in total. The molecule has 0 saturated carbocycles. The number of methoxy groups -OCH3 is 2. The molecule has 0 radical (unpaired) electrons. The number of rotatable bonds is 5.